The Balaban J connectivity index is 1.71. The molecule has 0 bridgehead atoms. The Hall–Kier alpha value is -3.76. The van der Waals surface area contributed by atoms with E-state index in [1.807, 2.05) is 6.07 Å². The third kappa shape index (κ3) is 8.00. The molecule has 1 aliphatic carbocycles. The molecule has 43 heavy (non-hydrogen) atoms. The summed E-state index contributed by atoms with van der Waals surface area (Å²) in [6.07, 6.45) is 5.01. The lowest BCUT2D eigenvalue weighted by molar-refractivity contribution is -0.139. The molecular weight excluding hydrogens is 590 g/mol. The lowest BCUT2D eigenvalue weighted by Crippen LogP contribution is -2.53. The highest BCUT2D eigenvalue weighted by molar-refractivity contribution is 7.92. The minimum atomic E-state index is -4.21. The first-order valence-corrected chi connectivity index (χ1v) is 16.1. The zero-order chi connectivity index (χ0) is 31.0. The molecule has 0 radical (unpaired) electrons. The molecule has 230 valence electrons. The van der Waals surface area contributed by atoms with Crippen LogP contribution in [0.25, 0.3) is 0 Å². The van der Waals surface area contributed by atoms with Crippen molar-refractivity contribution in [1.29, 1.82) is 0 Å². The van der Waals surface area contributed by atoms with Gasteiger partial charge in [0.25, 0.3) is 10.0 Å². The van der Waals surface area contributed by atoms with Gasteiger partial charge < -0.3 is 19.7 Å². The number of rotatable bonds is 12. The van der Waals surface area contributed by atoms with Crippen LogP contribution in [-0.4, -0.2) is 58.0 Å². The number of amides is 2. The topological polar surface area (TPSA) is 105 Å². The van der Waals surface area contributed by atoms with E-state index < -0.39 is 28.5 Å². The van der Waals surface area contributed by atoms with Crippen LogP contribution in [0.3, 0.4) is 0 Å². The Bertz CT molecular complexity index is 1510. The predicted octanol–water partition coefficient (Wildman–Crippen LogP) is 5.42. The molecule has 0 heterocycles. The lowest BCUT2D eigenvalue weighted by atomic mass is 9.95. The van der Waals surface area contributed by atoms with Crippen LogP contribution >= 0.6 is 11.6 Å². The average molecular weight is 628 g/mol. The molecular formula is C32H38ClN3O6S. The van der Waals surface area contributed by atoms with Crippen molar-refractivity contribution in [1.82, 2.24) is 10.2 Å². The second-order valence-corrected chi connectivity index (χ2v) is 12.8. The lowest BCUT2D eigenvalue weighted by Gasteiger charge is -2.33. The van der Waals surface area contributed by atoms with Crippen molar-refractivity contribution in [2.75, 3.05) is 25.1 Å². The Morgan fingerprint density at radius 2 is 1.63 bits per heavy atom. The molecule has 4 rings (SSSR count). The van der Waals surface area contributed by atoms with Gasteiger partial charge in [-0.05, 0) is 61.7 Å². The molecule has 0 unspecified atom stereocenters. The molecule has 11 heteroatoms. The molecule has 1 aliphatic rings. The van der Waals surface area contributed by atoms with Crippen LogP contribution in [-0.2, 0) is 26.2 Å². The fourth-order valence-electron chi connectivity index (χ4n) is 5.21. The van der Waals surface area contributed by atoms with Gasteiger partial charge in [-0.1, -0.05) is 61.2 Å². The van der Waals surface area contributed by atoms with Gasteiger partial charge >= 0.3 is 0 Å². The molecule has 1 N–H and O–H groups in total. The number of hydrogen-bond acceptors (Lipinski definition) is 6. The summed E-state index contributed by atoms with van der Waals surface area (Å²) < 4.78 is 39.8. The summed E-state index contributed by atoms with van der Waals surface area (Å²) in [6, 6.07) is 18.7. The number of benzene rings is 3. The normalized spacial score (nSPS) is 14.4. The molecule has 2 amide bonds. The number of nitrogens with zero attached hydrogens (tertiary/aromatic N) is 2. The second-order valence-electron chi connectivity index (χ2n) is 10.5. The molecule has 0 aliphatic heterocycles. The highest BCUT2D eigenvalue weighted by Gasteiger charge is 2.33. The molecule has 9 nitrogen and oxygen atoms in total. The van der Waals surface area contributed by atoms with E-state index in [2.05, 4.69) is 5.32 Å². The summed E-state index contributed by atoms with van der Waals surface area (Å²) in [5, 5.41) is 3.59. The minimum Gasteiger partial charge on any atom is -0.493 e. The number of hydrogen-bond donors (Lipinski definition) is 1. The van der Waals surface area contributed by atoms with Crippen molar-refractivity contribution in [2.24, 2.45) is 0 Å². The van der Waals surface area contributed by atoms with E-state index in [0.29, 0.717) is 22.1 Å². The maximum atomic E-state index is 14.2. The van der Waals surface area contributed by atoms with E-state index in [-0.39, 0.29) is 29.1 Å². The molecule has 1 atom stereocenters. The van der Waals surface area contributed by atoms with Crippen molar-refractivity contribution < 1.29 is 27.5 Å². The predicted molar refractivity (Wildman–Crippen MR) is 167 cm³/mol. The molecule has 3 aromatic rings. The summed E-state index contributed by atoms with van der Waals surface area (Å²) in [5.74, 6) is -0.131. The Morgan fingerprint density at radius 1 is 0.930 bits per heavy atom. The quantitative estimate of drug-likeness (QED) is 0.288. The second kappa shape index (κ2) is 14.6. The van der Waals surface area contributed by atoms with E-state index in [4.69, 9.17) is 21.1 Å². The minimum absolute atomic E-state index is 0.0158. The summed E-state index contributed by atoms with van der Waals surface area (Å²) >= 11 is 6.23. The van der Waals surface area contributed by atoms with Gasteiger partial charge in [-0.25, -0.2) is 8.42 Å². The first-order chi connectivity index (χ1) is 20.6. The third-order valence-corrected chi connectivity index (χ3v) is 9.65. The monoisotopic (exact) mass is 627 g/mol. The smallest absolute Gasteiger partial charge is 0.264 e. The molecule has 0 aromatic heterocycles. The number of methoxy groups -OCH3 is 2. The molecule has 0 spiro atoms. The number of carbonyl (C=O) groups is 2. The maximum Gasteiger partial charge on any atom is 0.264 e. The van der Waals surface area contributed by atoms with Gasteiger partial charge in [0.1, 0.15) is 12.6 Å². The summed E-state index contributed by atoms with van der Waals surface area (Å²) in [6.45, 7) is 1.16. The van der Waals surface area contributed by atoms with Gasteiger partial charge in [0.05, 0.1) is 24.8 Å². The van der Waals surface area contributed by atoms with Crippen LogP contribution in [0.4, 0.5) is 5.69 Å². The SMILES string of the molecule is COc1ccc(N(CC(=O)N(Cc2cccc(Cl)c2)[C@@H](C)C(=O)NC2CCCCC2)S(=O)(=O)c2ccccc2)cc1OC. The number of carbonyl (C=O) groups excluding carboxylic acids is 2. The number of ether oxygens (including phenoxy) is 2. The molecule has 3 aromatic carbocycles. The van der Waals surface area contributed by atoms with Gasteiger partial charge in [0, 0.05) is 23.7 Å². The largest absolute Gasteiger partial charge is 0.493 e. The van der Waals surface area contributed by atoms with Crippen molar-refractivity contribution in [3.63, 3.8) is 0 Å². The van der Waals surface area contributed by atoms with Crippen molar-refractivity contribution in [3.05, 3.63) is 83.4 Å². The average Bonchev–Trinajstić information content (AvgIpc) is 3.02. The molecule has 1 saturated carbocycles. The Kier molecular flexibility index (Phi) is 10.9. The summed E-state index contributed by atoms with van der Waals surface area (Å²) in [5.41, 5.74) is 0.915. The van der Waals surface area contributed by atoms with E-state index in [1.54, 1.807) is 55.5 Å². The fraction of sp³-hybridized carbons (Fsp3) is 0.375. The van der Waals surface area contributed by atoms with Gasteiger partial charge in [-0.3, -0.25) is 13.9 Å². The summed E-state index contributed by atoms with van der Waals surface area (Å²) in [4.78, 5) is 29.0. The van der Waals surface area contributed by atoms with Gasteiger partial charge in [-0.15, -0.1) is 0 Å². The standard InChI is InChI=1S/C32H38ClN3O6S/c1-23(32(38)34-26-13-6-4-7-14-26)35(21-24-11-10-12-25(33)19-24)31(37)22-36(43(39,40)28-15-8-5-9-16-28)27-17-18-29(41-2)30(20-27)42-3/h5,8-12,15-20,23,26H,4,6-7,13-14,21-22H2,1-3H3,(H,34,38)/t23-/m0/s1. The zero-order valence-electron chi connectivity index (χ0n) is 24.7. The number of nitrogens with one attached hydrogen (secondary N) is 1. The van der Waals surface area contributed by atoms with E-state index in [0.717, 1.165) is 36.4 Å². The highest BCUT2D eigenvalue weighted by Crippen LogP contribution is 2.34. The molecule has 0 saturated heterocycles. The van der Waals surface area contributed by atoms with Crippen molar-refractivity contribution in [2.45, 2.75) is 62.6 Å². The van der Waals surface area contributed by atoms with Crippen LogP contribution in [0.15, 0.2) is 77.7 Å². The van der Waals surface area contributed by atoms with Crippen LogP contribution in [0.5, 0.6) is 11.5 Å². The highest BCUT2D eigenvalue weighted by atomic mass is 35.5. The summed E-state index contributed by atoms with van der Waals surface area (Å²) in [7, 11) is -1.28. The Labute approximate surface area is 258 Å². The van der Waals surface area contributed by atoms with Crippen LogP contribution in [0.1, 0.15) is 44.6 Å². The Morgan fingerprint density at radius 3 is 2.28 bits per heavy atom. The van der Waals surface area contributed by atoms with Gasteiger partial charge in [0.2, 0.25) is 11.8 Å². The first-order valence-electron chi connectivity index (χ1n) is 14.3. The molecule has 1 fully saturated rings. The fourth-order valence-corrected chi connectivity index (χ4v) is 6.85. The number of halogens is 1. The van der Waals surface area contributed by atoms with E-state index in [1.165, 1.54) is 37.3 Å². The van der Waals surface area contributed by atoms with E-state index in [9.17, 15) is 18.0 Å². The van der Waals surface area contributed by atoms with Crippen molar-refractivity contribution >= 4 is 39.1 Å². The first kappa shape index (κ1) is 32.2. The van der Waals surface area contributed by atoms with E-state index >= 15 is 0 Å². The van der Waals surface area contributed by atoms with Gasteiger partial charge in [-0.2, -0.15) is 0 Å². The van der Waals surface area contributed by atoms with Gasteiger partial charge in [0.15, 0.2) is 11.5 Å². The van der Waals surface area contributed by atoms with Crippen LogP contribution in [0.2, 0.25) is 5.02 Å². The maximum absolute atomic E-state index is 14.2. The van der Waals surface area contributed by atoms with Crippen molar-refractivity contribution in [3.8, 4) is 11.5 Å². The third-order valence-electron chi connectivity index (χ3n) is 7.63. The number of sulfonamides is 1. The van der Waals surface area contributed by atoms with Crippen LogP contribution < -0.4 is 19.1 Å². The number of anilines is 1. The zero-order valence-corrected chi connectivity index (χ0v) is 26.2. The van der Waals surface area contributed by atoms with Crippen LogP contribution in [0, 0.1) is 0 Å².